The second-order valence-corrected chi connectivity index (χ2v) is 9.70. The van der Waals surface area contributed by atoms with Crippen molar-refractivity contribution in [1.29, 1.82) is 0 Å². The maximum absolute atomic E-state index is 13.3. The smallest absolute Gasteiger partial charge is 0.286 e. The van der Waals surface area contributed by atoms with Crippen molar-refractivity contribution in [2.75, 3.05) is 41.0 Å². The molecular weight excluding hydrogens is 400 g/mol. The topological polar surface area (TPSA) is 91.1 Å². The van der Waals surface area contributed by atoms with Crippen molar-refractivity contribution in [2.24, 2.45) is 23.2 Å². The Morgan fingerprint density at radius 3 is 2.23 bits per heavy atom. The van der Waals surface area contributed by atoms with Gasteiger partial charge in [0.1, 0.15) is 12.2 Å². The maximum atomic E-state index is 13.3. The summed E-state index contributed by atoms with van der Waals surface area (Å²) in [5.41, 5.74) is -0.0648. The largest absolute Gasteiger partial charge is 0.493 e. The van der Waals surface area contributed by atoms with Crippen LogP contribution in [0.1, 0.15) is 48.9 Å². The second-order valence-electron chi connectivity index (χ2n) is 9.70. The standard InChI is InChI=1S/C23H32N2O6/c1-24(14-23-11-15-6-16(12-23)8-17(7-15)13-23)22(26)18-9-20(30-3)21(31-5-4-29-2)10-19(18)25(27)28/h9-10,15-17H,4-8,11-14H2,1-3H3. The number of rotatable bonds is 9. The van der Waals surface area contributed by atoms with E-state index in [4.69, 9.17) is 14.2 Å². The van der Waals surface area contributed by atoms with Crippen LogP contribution in [-0.4, -0.2) is 56.8 Å². The Kier molecular flexibility index (Phi) is 6.10. The number of carbonyl (C=O) groups is 1. The molecule has 0 atom stereocenters. The molecule has 1 aromatic rings. The number of nitrogens with zero attached hydrogens (tertiary/aromatic N) is 2. The quantitative estimate of drug-likeness (QED) is 0.334. The second kappa shape index (κ2) is 8.65. The molecule has 170 valence electrons. The minimum atomic E-state index is -0.533. The van der Waals surface area contributed by atoms with Crippen molar-refractivity contribution in [3.8, 4) is 11.5 Å². The van der Waals surface area contributed by atoms with Gasteiger partial charge in [0.25, 0.3) is 11.6 Å². The van der Waals surface area contributed by atoms with Crippen molar-refractivity contribution < 1.29 is 23.9 Å². The molecule has 0 aromatic heterocycles. The van der Waals surface area contributed by atoms with Crippen LogP contribution in [-0.2, 0) is 4.74 Å². The minimum Gasteiger partial charge on any atom is -0.493 e. The molecule has 4 aliphatic rings. The van der Waals surface area contributed by atoms with E-state index in [-0.39, 0.29) is 34.9 Å². The summed E-state index contributed by atoms with van der Waals surface area (Å²) in [6.07, 6.45) is 7.54. The zero-order chi connectivity index (χ0) is 22.2. The predicted octanol–water partition coefficient (Wildman–Crippen LogP) is 3.92. The fraction of sp³-hybridized carbons (Fsp3) is 0.696. The zero-order valence-corrected chi connectivity index (χ0v) is 18.6. The highest BCUT2D eigenvalue weighted by Crippen LogP contribution is 2.60. The minimum absolute atomic E-state index is 0.0353. The van der Waals surface area contributed by atoms with Crippen molar-refractivity contribution in [3.05, 3.63) is 27.8 Å². The van der Waals surface area contributed by atoms with Gasteiger partial charge in [-0.25, -0.2) is 0 Å². The number of nitro groups is 1. The number of ether oxygens (including phenoxy) is 3. The van der Waals surface area contributed by atoms with Gasteiger partial charge in [-0.3, -0.25) is 14.9 Å². The van der Waals surface area contributed by atoms with Crippen LogP contribution in [0.2, 0.25) is 0 Å². The van der Waals surface area contributed by atoms with E-state index in [2.05, 4.69) is 0 Å². The molecule has 8 nitrogen and oxygen atoms in total. The highest BCUT2D eigenvalue weighted by atomic mass is 16.6. The first-order valence-corrected chi connectivity index (χ1v) is 11.1. The van der Waals surface area contributed by atoms with Gasteiger partial charge in [-0.15, -0.1) is 0 Å². The Labute approximate surface area is 183 Å². The maximum Gasteiger partial charge on any atom is 0.286 e. The molecule has 0 saturated heterocycles. The molecule has 4 fully saturated rings. The first-order valence-electron chi connectivity index (χ1n) is 11.1. The molecule has 8 heteroatoms. The van der Waals surface area contributed by atoms with E-state index in [1.807, 2.05) is 0 Å². The van der Waals surface area contributed by atoms with Crippen LogP contribution in [0.3, 0.4) is 0 Å². The Morgan fingerprint density at radius 2 is 1.71 bits per heavy atom. The van der Waals surface area contributed by atoms with Crippen LogP contribution < -0.4 is 9.47 Å². The van der Waals surface area contributed by atoms with Crippen molar-refractivity contribution in [2.45, 2.75) is 38.5 Å². The monoisotopic (exact) mass is 432 g/mol. The fourth-order valence-corrected chi connectivity index (χ4v) is 6.64. The number of hydrogen-bond acceptors (Lipinski definition) is 6. The first kappa shape index (κ1) is 21.9. The molecule has 4 aliphatic carbocycles. The van der Waals surface area contributed by atoms with Crippen molar-refractivity contribution in [1.82, 2.24) is 4.90 Å². The lowest BCUT2D eigenvalue weighted by atomic mass is 9.49. The van der Waals surface area contributed by atoms with Gasteiger partial charge < -0.3 is 19.1 Å². The predicted molar refractivity (Wildman–Crippen MR) is 115 cm³/mol. The van der Waals surface area contributed by atoms with Gasteiger partial charge in [-0.1, -0.05) is 0 Å². The summed E-state index contributed by atoms with van der Waals surface area (Å²) in [7, 11) is 4.77. The number of nitro benzene ring substituents is 1. The SMILES string of the molecule is COCCOc1cc([N+](=O)[O-])c(C(=O)N(C)CC23CC4CC(CC(C4)C2)C3)cc1OC. The number of amides is 1. The molecule has 4 bridgehead atoms. The summed E-state index contributed by atoms with van der Waals surface area (Å²) >= 11 is 0. The molecule has 0 heterocycles. The number of methoxy groups -OCH3 is 2. The van der Waals surface area contributed by atoms with E-state index in [0.29, 0.717) is 18.9 Å². The summed E-state index contributed by atoms with van der Waals surface area (Å²) in [5, 5.41) is 11.8. The van der Waals surface area contributed by atoms with Gasteiger partial charge in [0.15, 0.2) is 11.5 Å². The summed E-state index contributed by atoms with van der Waals surface area (Å²) in [4.78, 5) is 26.2. The Balaban J connectivity index is 1.56. The Morgan fingerprint density at radius 1 is 1.10 bits per heavy atom. The number of hydrogen-bond donors (Lipinski definition) is 0. The van der Waals surface area contributed by atoms with E-state index < -0.39 is 4.92 Å². The van der Waals surface area contributed by atoms with Crippen molar-refractivity contribution in [3.63, 3.8) is 0 Å². The Hall–Kier alpha value is -2.35. The molecular formula is C23H32N2O6. The molecule has 0 aliphatic heterocycles. The van der Waals surface area contributed by atoms with Gasteiger partial charge >= 0.3 is 0 Å². The third-order valence-electron chi connectivity index (χ3n) is 7.34. The van der Waals surface area contributed by atoms with Gasteiger partial charge in [0.2, 0.25) is 0 Å². The van der Waals surface area contributed by atoms with Gasteiger partial charge in [0, 0.05) is 26.8 Å². The molecule has 5 rings (SSSR count). The van der Waals surface area contributed by atoms with E-state index in [9.17, 15) is 14.9 Å². The average Bonchev–Trinajstić information content (AvgIpc) is 2.71. The number of carbonyl (C=O) groups excluding carboxylic acids is 1. The molecule has 0 radical (unpaired) electrons. The summed E-state index contributed by atoms with van der Waals surface area (Å²) in [6, 6.07) is 2.71. The van der Waals surface area contributed by atoms with Crippen LogP contribution in [0.25, 0.3) is 0 Å². The van der Waals surface area contributed by atoms with E-state index >= 15 is 0 Å². The third kappa shape index (κ3) is 4.35. The average molecular weight is 433 g/mol. The molecule has 4 saturated carbocycles. The molecule has 0 spiro atoms. The normalized spacial score (nSPS) is 28.4. The lowest BCUT2D eigenvalue weighted by Gasteiger charge is -2.57. The summed E-state index contributed by atoms with van der Waals surface area (Å²) in [6.45, 7) is 1.22. The number of benzene rings is 1. The lowest BCUT2D eigenvalue weighted by Crippen LogP contribution is -2.51. The van der Waals surface area contributed by atoms with Crippen LogP contribution in [0, 0.1) is 33.3 Å². The zero-order valence-electron chi connectivity index (χ0n) is 18.6. The molecule has 0 unspecified atom stereocenters. The Bertz CT molecular complexity index is 819. The fourth-order valence-electron chi connectivity index (χ4n) is 6.64. The first-order chi connectivity index (χ1) is 14.8. The molecule has 1 aromatic carbocycles. The van der Waals surface area contributed by atoms with Crippen molar-refractivity contribution >= 4 is 11.6 Å². The highest BCUT2D eigenvalue weighted by molar-refractivity contribution is 5.99. The van der Waals surface area contributed by atoms with Crippen LogP contribution in [0.5, 0.6) is 11.5 Å². The van der Waals surface area contributed by atoms with E-state index in [0.717, 1.165) is 17.8 Å². The molecule has 31 heavy (non-hydrogen) atoms. The summed E-state index contributed by atoms with van der Waals surface area (Å²) in [5.74, 6) is 2.54. The van der Waals surface area contributed by atoms with E-state index in [1.54, 1.807) is 19.1 Å². The van der Waals surface area contributed by atoms with Gasteiger partial charge in [-0.2, -0.15) is 0 Å². The highest BCUT2D eigenvalue weighted by Gasteiger charge is 2.51. The lowest BCUT2D eigenvalue weighted by molar-refractivity contribution is -0.385. The van der Waals surface area contributed by atoms with Gasteiger partial charge in [-0.05, 0) is 61.7 Å². The van der Waals surface area contributed by atoms with E-state index in [1.165, 1.54) is 57.8 Å². The third-order valence-corrected chi connectivity index (χ3v) is 7.34. The molecule has 1 amide bonds. The van der Waals surface area contributed by atoms with Crippen LogP contribution in [0.4, 0.5) is 5.69 Å². The van der Waals surface area contributed by atoms with Gasteiger partial charge in [0.05, 0.1) is 24.7 Å². The summed E-state index contributed by atoms with van der Waals surface area (Å²) < 4.78 is 15.9. The molecule has 0 N–H and O–H groups in total. The van der Waals surface area contributed by atoms with Crippen LogP contribution >= 0.6 is 0 Å². The van der Waals surface area contributed by atoms with Crippen LogP contribution in [0.15, 0.2) is 12.1 Å².